The molecule has 3 heterocycles. The van der Waals surface area contributed by atoms with Gasteiger partial charge in [0.15, 0.2) is 11.7 Å². The number of aromatic nitrogens is 1. The molecule has 256 valence electrons. The monoisotopic (exact) mass is 675 g/mol. The van der Waals surface area contributed by atoms with E-state index in [4.69, 9.17) is 0 Å². The molecule has 0 amide bonds. The van der Waals surface area contributed by atoms with E-state index in [0.29, 0.717) is 0 Å². The Balaban J connectivity index is 1.35. The van der Waals surface area contributed by atoms with Crippen molar-refractivity contribution < 1.29 is 4.57 Å². The summed E-state index contributed by atoms with van der Waals surface area (Å²) in [5, 5.41) is 2.60. The topological polar surface area (TPSA) is 7.12 Å². The molecule has 2 aliphatic rings. The second-order valence-corrected chi connectivity index (χ2v) is 15.4. The molecule has 0 saturated heterocycles. The molecule has 0 N–H and O–H groups in total. The first-order chi connectivity index (χ1) is 25.3. The van der Waals surface area contributed by atoms with Crippen LogP contribution in [0.1, 0.15) is 76.8 Å². The standard InChI is InChI=1S/C50H47N2/c1-7-49(8-2)32-38-21-22-41(31-43(38)48-42-16-10-9-15-37(42)23-24-51(48)49)52-46-19-13-11-17-44(46)50(45-18-12-14-20-47(45)52,39-27-33(3)25-34(4)28-39)40-29-35(5)26-36(6)30-40/h9-31H,7-8,32H2,1-6H3/q+1. The summed E-state index contributed by atoms with van der Waals surface area (Å²) >= 11 is 0. The zero-order valence-electron chi connectivity index (χ0n) is 31.3. The number of anilines is 3. The van der Waals surface area contributed by atoms with Crippen LogP contribution in [-0.4, -0.2) is 0 Å². The summed E-state index contributed by atoms with van der Waals surface area (Å²) in [6.07, 6.45) is 5.56. The second kappa shape index (κ2) is 12.1. The van der Waals surface area contributed by atoms with E-state index in [1.807, 2.05) is 0 Å². The molecule has 0 unspecified atom stereocenters. The third-order valence-electron chi connectivity index (χ3n) is 12.2. The number of fused-ring (bicyclic) bond motifs is 7. The molecule has 0 fully saturated rings. The summed E-state index contributed by atoms with van der Waals surface area (Å²) in [5.74, 6) is 0. The average Bonchev–Trinajstić information content (AvgIpc) is 3.15. The maximum absolute atomic E-state index is 2.62. The molecule has 0 bridgehead atoms. The van der Waals surface area contributed by atoms with Crippen LogP contribution in [0.5, 0.6) is 0 Å². The van der Waals surface area contributed by atoms with E-state index in [0.717, 1.165) is 19.3 Å². The molecule has 9 rings (SSSR count). The number of benzene rings is 6. The third-order valence-corrected chi connectivity index (χ3v) is 12.2. The average molecular weight is 676 g/mol. The highest BCUT2D eigenvalue weighted by Crippen LogP contribution is 2.58. The van der Waals surface area contributed by atoms with Gasteiger partial charge in [-0.3, -0.25) is 0 Å². The zero-order valence-corrected chi connectivity index (χ0v) is 31.3. The molecule has 2 heteroatoms. The van der Waals surface area contributed by atoms with Crippen LogP contribution in [0, 0.1) is 27.7 Å². The molecule has 52 heavy (non-hydrogen) atoms. The number of hydrogen-bond acceptors (Lipinski definition) is 1. The van der Waals surface area contributed by atoms with Crippen molar-refractivity contribution in [3.63, 3.8) is 0 Å². The lowest BCUT2D eigenvalue weighted by atomic mass is 9.61. The van der Waals surface area contributed by atoms with Gasteiger partial charge in [0, 0.05) is 31.0 Å². The van der Waals surface area contributed by atoms with Crippen molar-refractivity contribution in [2.75, 3.05) is 4.90 Å². The van der Waals surface area contributed by atoms with Crippen LogP contribution in [0.25, 0.3) is 22.0 Å². The minimum atomic E-state index is -0.508. The number of rotatable bonds is 5. The van der Waals surface area contributed by atoms with E-state index >= 15 is 0 Å². The van der Waals surface area contributed by atoms with Crippen LogP contribution in [0.15, 0.2) is 140 Å². The van der Waals surface area contributed by atoms with Gasteiger partial charge in [0.1, 0.15) is 0 Å². The Morgan fingerprint density at radius 3 is 1.69 bits per heavy atom. The summed E-state index contributed by atoms with van der Waals surface area (Å²) in [6.45, 7) is 13.6. The van der Waals surface area contributed by atoms with E-state index in [2.05, 4.69) is 191 Å². The van der Waals surface area contributed by atoms with E-state index < -0.39 is 5.41 Å². The Labute approximate surface area is 309 Å². The molecule has 6 aromatic carbocycles. The fourth-order valence-electron chi connectivity index (χ4n) is 9.94. The Morgan fingerprint density at radius 1 is 0.577 bits per heavy atom. The van der Waals surface area contributed by atoms with Crippen LogP contribution in [-0.2, 0) is 17.4 Å². The Hall–Kier alpha value is -5.47. The number of nitrogens with zero attached hydrogens (tertiary/aromatic N) is 2. The van der Waals surface area contributed by atoms with Crippen molar-refractivity contribution in [2.45, 2.75) is 71.8 Å². The molecule has 7 aromatic rings. The van der Waals surface area contributed by atoms with Gasteiger partial charge < -0.3 is 4.90 Å². The van der Waals surface area contributed by atoms with Gasteiger partial charge in [-0.25, -0.2) is 0 Å². The zero-order chi connectivity index (χ0) is 35.8. The van der Waals surface area contributed by atoms with Crippen LogP contribution >= 0.6 is 0 Å². The summed E-state index contributed by atoms with van der Waals surface area (Å²) < 4.78 is 2.62. The highest BCUT2D eigenvalue weighted by Gasteiger charge is 2.48. The van der Waals surface area contributed by atoms with Gasteiger partial charge in [-0.1, -0.05) is 133 Å². The summed E-state index contributed by atoms with van der Waals surface area (Å²) in [7, 11) is 0. The van der Waals surface area contributed by atoms with Gasteiger partial charge in [-0.05, 0) is 91.2 Å². The van der Waals surface area contributed by atoms with Gasteiger partial charge in [0.2, 0.25) is 5.69 Å². The molecule has 0 spiro atoms. The van der Waals surface area contributed by atoms with E-state index in [-0.39, 0.29) is 5.54 Å². The maximum Gasteiger partial charge on any atom is 0.221 e. The number of pyridine rings is 1. The molecular weight excluding hydrogens is 629 g/mol. The predicted molar refractivity (Wildman–Crippen MR) is 217 cm³/mol. The van der Waals surface area contributed by atoms with Crippen LogP contribution < -0.4 is 9.47 Å². The first-order valence-corrected chi connectivity index (χ1v) is 19.0. The fourth-order valence-corrected chi connectivity index (χ4v) is 9.94. The van der Waals surface area contributed by atoms with E-state index in [1.165, 1.54) is 89.2 Å². The van der Waals surface area contributed by atoms with Crippen LogP contribution in [0.2, 0.25) is 0 Å². The molecule has 0 atom stereocenters. The molecule has 0 saturated carbocycles. The maximum atomic E-state index is 2.62. The molecule has 2 nitrogen and oxygen atoms in total. The number of para-hydroxylation sites is 2. The minimum Gasteiger partial charge on any atom is -0.310 e. The summed E-state index contributed by atoms with van der Waals surface area (Å²) in [4.78, 5) is 2.53. The van der Waals surface area contributed by atoms with Crippen molar-refractivity contribution >= 4 is 27.8 Å². The summed E-state index contributed by atoms with van der Waals surface area (Å²) in [5.41, 5.74) is 17.6. The Bertz CT molecular complexity index is 2390. The molecule has 2 aliphatic heterocycles. The quantitative estimate of drug-likeness (QED) is 0.165. The number of hydrogen-bond donors (Lipinski definition) is 0. The van der Waals surface area contributed by atoms with Crippen molar-refractivity contribution in [2.24, 2.45) is 0 Å². The van der Waals surface area contributed by atoms with Gasteiger partial charge in [-0.2, -0.15) is 4.57 Å². The first kappa shape index (κ1) is 32.4. The number of aryl methyl sites for hydroxylation is 4. The molecule has 0 aliphatic carbocycles. The normalized spacial score (nSPS) is 15.1. The Kier molecular flexibility index (Phi) is 7.52. The lowest BCUT2D eigenvalue weighted by Crippen LogP contribution is -2.60. The van der Waals surface area contributed by atoms with Crippen molar-refractivity contribution in [1.82, 2.24) is 0 Å². The van der Waals surface area contributed by atoms with Crippen molar-refractivity contribution in [3.05, 3.63) is 190 Å². The lowest BCUT2D eigenvalue weighted by molar-refractivity contribution is -0.757. The van der Waals surface area contributed by atoms with Crippen molar-refractivity contribution in [1.29, 1.82) is 0 Å². The minimum absolute atomic E-state index is 0.0513. The fraction of sp³-hybridized carbons (Fsp3) is 0.220. The van der Waals surface area contributed by atoms with Crippen LogP contribution in [0.4, 0.5) is 17.1 Å². The molecule has 1 aromatic heterocycles. The Morgan fingerprint density at radius 2 is 1.12 bits per heavy atom. The second-order valence-electron chi connectivity index (χ2n) is 15.4. The highest BCUT2D eigenvalue weighted by atomic mass is 15.2. The highest BCUT2D eigenvalue weighted by molar-refractivity contribution is 5.96. The predicted octanol–water partition coefficient (Wildman–Crippen LogP) is 12.3. The van der Waals surface area contributed by atoms with E-state index in [9.17, 15) is 0 Å². The van der Waals surface area contributed by atoms with Gasteiger partial charge in [-0.15, -0.1) is 0 Å². The van der Waals surface area contributed by atoms with Gasteiger partial charge >= 0.3 is 0 Å². The SMILES string of the molecule is CCC1(CC)Cc2ccc(N3c4ccccc4C(c4cc(C)cc(C)c4)(c4cc(C)cc(C)c4)c4ccccc43)cc2-c2c3ccccc3cc[n+]21. The third kappa shape index (κ3) is 4.66. The molecule has 0 radical (unpaired) electrons. The van der Waals surface area contributed by atoms with E-state index in [1.54, 1.807) is 0 Å². The van der Waals surface area contributed by atoms with Crippen molar-refractivity contribution in [3.8, 4) is 11.3 Å². The van der Waals surface area contributed by atoms with Gasteiger partial charge in [0.05, 0.1) is 27.7 Å². The van der Waals surface area contributed by atoms with Crippen LogP contribution in [0.3, 0.4) is 0 Å². The molecular formula is C50H47N2+. The smallest absolute Gasteiger partial charge is 0.221 e. The largest absolute Gasteiger partial charge is 0.310 e. The summed E-state index contributed by atoms with van der Waals surface area (Å²) in [6, 6.07) is 51.1. The first-order valence-electron chi connectivity index (χ1n) is 19.0. The van der Waals surface area contributed by atoms with Gasteiger partial charge in [0.25, 0.3) is 0 Å². The lowest BCUT2D eigenvalue weighted by Gasteiger charge is -2.47.